The van der Waals surface area contributed by atoms with Crippen LogP contribution in [-0.2, 0) is 20.6 Å². The van der Waals surface area contributed by atoms with Gasteiger partial charge in [0.1, 0.15) is 0 Å². The largest absolute Gasteiger partial charge is 0.345 e. The molecule has 37 heavy (non-hydrogen) atoms. The average Bonchev–Trinajstić information content (AvgIpc) is 2.89. The standard InChI is InChI=1S/C28H30BrN3O4S/c1-20(22-9-3-2-4-10-22)30-28(34)25-12-5-6-13-26(25)31-27(33)23-14-16-32(17-15-23)37(35,36)19-21-8-7-11-24(29)18-21/h2-13,18,20,23H,14-17,19H2,1H3,(H,30,34)(H,31,33). The van der Waals surface area contributed by atoms with Gasteiger partial charge in [-0.05, 0) is 55.2 Å². The predicted octanol–water partition coefficient (Wildman–Crippen LogP) is 5.12. The van der Waals surface area contributed by atoms with Crippen molar-refractivity contribution in [2.75, 3.05) is 18.4 Å². The fraction of sp³-hybridized carbons (Fsp3) is 0.286. The number of halogens is 1. The van der Waals surface area contributed by atoms with Crippen molar-refractivity contribution in [2.24, 2.45) is 5.92 Å². The molecule has 3 aromatic rings. The number of nitrogens with one attached hydrogen (secondary N) is 2. The van der Waals surface area contributed by atoms with Crippen molar-refractivity contribution in [1.29, 1.82) is 0 Å². The fourth-order valence-electron chi connectivity index (χ4n) is 4.45. The maximum Gasteiger partial charge on any atom is 0.253 e. The first-order valence-electron chi connectivity index (χ1n) is 12.2. The van der Waals surface area contributed by atoms with Gasteiger partial charge in [0, 0.05) is 23.5 Å². The van der Waals surface area contributed by atoms with E-state index in [1.54, 1.807) is 36.4 Å². The van der Waals surface area contributed by atoms with E-state index in [4.69, 9.17) is 0 Å². The van der Waals surface area contributed by atoms with E-state index in [2.05, 4.69) is 26.6 Å². The monoisotopic (exact) mass is 583 g/mol. The van der Waals surface area contributed by atoms with Gasteiger partial charge in [-0.25, -0.2) is 12.7 Å². The maximum atomic E-state index is 13.1. The second-order valence-electron chi connectivity index (χ2n) is 9.20. The van der Waals surface area contributed by atoms with Gasteiger partial charge in [0.15, 0.2) is 0 Å². The van der Waals surface area contributed by atoms with Crippen molar-refractivity contribution in [1.82, 2.24) is 9.62 Å². The number of para-hydroxylation sites is 1. The van der Waals surface area contributed by atoms with Crippen LogP contribution >= 0.6 is 15.9 Å². The summed E-state index contributed by atoms with van der Waals surface area (Å²) in [5.41, 5.74) is 2.52. The van der Waals surface area contributed by atoms with Gasteiger partial charge in [-0.1, -0.05) is 70.5 Å². The molecule has 1 heterocycles. The Bertz CT molecular complexity index is 1360. The summed E-state index contributed by atoms with van der Waals surface area (Å²) in [6.45, 7) is 2.48. The SMILES string of the molecule is CC(NC(=O)c1ccccc1NC(=O)C1CCN(S(=O)(=O)Cc2cccc(Br)c2)CC1)c1ccccc1. The summed E-state index contributed by atoms with van der Waals surface area (Å²) in [7, 11) is -3.49. The fourth-order valence-corrected chi connectivity index (χ4v) is 6.45. The van der Waals surface area contributed by atoms with Crippen molar-refractivity contribution >= 4 is 43.5 Å². The van der Waals surface area contributed by atoms with Crippen LogP contribution in [-0.4, -0.2) is 37.6 Å². The van der Waals surface area contributed by atoms with Crippen LogP contribution in [0, 0.1) is 5.92 Å². The zero-order valence-corrected chi connectivity index (χ0v) is 23.0. The highest BCUT2D eigenvalue weighted by Gasteiger charge is 2.31. The molecule has 0 spiro atoms. The summed E-state index contributed by atoms with van der Waals surface area (Å²) in [5.74, 6) is -0.898. The molecule has 4 rings (SSSR count). The highest BCUT2D eigenvalue weighted by atomic mass is 79.9. The highest BCUT2D eigenvalue weighted by molar-refractivity contribution is 9.10. The summed E-state index contributed by atoms with van der Waals surface area (Å²) < 4.78 is 28.1. The second-order valence-corrected chi connectivity index (χ2v) is 12.1. The smallest absolute Gasteiger partial charge is 0.253 e. The number of benzene rings is 3. The lowest BCUT2D eigenvalue weighted by Gasteiger charge is -2.30. The summed E-state index contributed by atoms with van der Waals surface area (Å²) in [5, 5.41) is 5.89. The van der Waals surface area contributed by atoms with Gasteiger partial charge in [0.2, 0.25) is 15.9 Å². The van der Waals surface area contributed by atoms with Crippen LogP contribution in [0.25, 0.3) is 0 Å². The number of sulfonamides is 1. The Balaban J connectivity index is 1.35. The van der Waals surface area contributed by atoms with E-state index in [1.807, 2.05) is 49.4 Å². The predicted molar refractivity (Wildman–Crippen MR) is 148 cm³/mol. The van der Waals surface area contributed by atoms with Crippen LogP contribution in [0.4, 0.5) is 5.69 Å². The summed E-state index contributed by atoms with van der Waals surface area (Å²) in [6.07, 6.45) is 0.839. The molecule has 1 saturated heterocycles. The Hall–Kier alpha value is -3.01. The van der Waals surface area contributed by atoms with E-state index in [9.17, 15) is 18.0 Å². The third-order valence-electron chi connectivity index (χ3n) is 6.53. The molecule has 9 heteroatoms. The Morgan fingerprint density at radius 2 is 1.65 bits per heavy atom. The Kier molecular flexibility index (Phi) is 8.79. The molecule has 0 radical (unpaired) electrons. The molecule has 1 fully saturated rings. The molecule has 1 unspecified atom stereocenters. The number of carbonyl (C=O) groups excluding carboxylic acids is 2. The zero-order valence-electron chi connectivity index (χ0n) is 20.6. The number of hydrogen-bond donors (Lipinski definition) is 2. The number of nitrogens with zero attached hydrogens (tertiary/aromatic N) is 1. The first-order valence-corrected chi connectivity index (χ1v) is 14.6. The number of carbonyl (C=O) groups is 2. The van der Waals surface area contributed by atoms with Crippen molar-refractivity contribution in [3.8, 4) is 0 Å². The summed E-state index contributed by atoms with van der Waals surface area (Å²) >= 11 is 3.37. The van der Waals surface area contributed by atoms with Gasteiger partial charge < -0.3 is 10.6 Å². The Morgan fingerprint density at radius 3 is 2.35 bits per heavy atom. The minimum Gasteiger partial charge on any atom is -0.345 e. The number of rotatable bonds is 8. The van der Waals surface area contributed by atoms with Crippen LogP contribution in [0.3, 0.4) is 0 Å². The first-order chi connectivity index (χ1) is 17.7. The van der Waals surface area contributed by atoms with Crippen LogP contribution in [0.2, 0.25) is 0 Å². The summed E-state index contributed by atoms with van der Waals surface area (Å²) in [6, 6.07) is 23.6. The zero-order chi connectivity index (χ0) is 26.4. The second kappa shape index (κ2) is 12.0. The van der Waals surface area contributed by atoms with Gasteiger partial charge in [0.25, 0.3) is 5.91 Å². The van der Waals surface area contributed by atoms with Crippen LogP contribution in [0.5, 0.6) is 0 Å². The van der Waals surface area contributed by atoms with E-state index >= 15 is 0 Å². The average molecular weight is 585 g/mol. The molecule has 1 aliphatic rings. The Labute approximate surface area is 226 Å². The quantitative estimate of drug-likeness (QED) is 0.384. The number of anilines is 1. The molecule has 2 amide bonds. The molecule has 0 bridgehead atoms. The normalized spacial score (nSPS) is 15.6. The lowest BCUT2D eigenvalue weighted by atomic mass is 9.97. The Morgan fingerprint density at radius 1 is 0.973 bits per heavy atom. The van der Waals surface area contributed by atoms with E-state index in [1.165, 1.54) is 4.31 Å². The minimum atomic E-state index is -3.49. The van der Waals surface area contributed by atoms with E-state index in [-0.39, 0.29) is 42.6 Å². The van der Waals surface area contributed by atoms with Gasteiger partial charge in [-0.3, -0.25) is 9.59 Å². The van der Waals surface area contributed by atoms with Gasteiger partial charge in [-0.15, -0.1) is 0 Å². The van der Waals surface area contributed by atoms with Crippen LogP contribution in [0.1, 0.15) is 47.3 Å². The minimum absolute atomic E-state index is 0.0762. The molecule has 7 nitrogen and oxygen atoms in total. The van der Waals surface area contributed by atoms with Crippen molar-refractivity contribution in [3.05, 3.63) is 100 Å². The third kappa shape index (κ3) is 7.06. The molecule has 2 N–H and O–H groups in total. The van der Waals surface area contributed by atoms with Gasteiger partial charge in [-0.2, -0.15) is 0 Å². The molecule has 0 aromatic heterocycles. The molecule has 194 valence electrons. The molecular weight excluding hydrogens is 554 g/mol. The van der Waals surface area contributed by atoms with E-state index in [0.29, 0.717) is 29.7 Å². The molecular formula is C28H30BrN3O4S. The molecule has 1 aliphatic heterocycles. The number of amides is 2. The first kappa shape index (κ1) is 27.0. The van der Waals surface area contributed by atoms with E-state index in [0.717, 1.165) is 10.0 Å². The van der Waals surface area contributed by atoms with Crippen LogP contribution in [0.15, 0.2) is 83.3 Å². The van der Waals surface area contributed by atoms with E-state index < -0.39 is 10.0 Å². The molecule has 3 aromatic carbocycles. The third-order valence-corrected chi connectivity index (χ3v) is 8.88. The topological polar surface area (TPSA) is 95.6 Å². The molecule has 0 saturated carbocycles. The molecule has 1 atom stereocenters. The van der Waals surface area contributed by atoms with Gasteiger partial charge in [0.05, 0.1) is 23.0 Å². The lowest BCUT2D eigenvalue weighted by Crippen LogP contribution is -2.42. The number of piperidine rings is 1. The van der Waals surface area contributed by atoms with Crippen molar-refractivity contribution in [2.45, 2.75) is 31.6 Å². The lowest BCUT2D eigenvalue weighted by molar-refractivity contribution is -0.120. The number of hydrogen-bond acceptors (Lipinski definition) is 4. The van der Waals surface area contributed by atoms with Crippen molar-refractivity contribution < 1.29 is 18.0 Å². The summed E-state index contributed by atoms with van der Waals surface area (Å²) in [4.78, 5) is 26.0. The maximum absolute atomic E-state index is 13.1. The van der Waals surface area contributed by atoms with Crippen LogP contribution < -0.4 is 10.6 Å². The molecule has 0 aliphatic carbocycles. The van der Waals surface area contributed by atoms with Crippen molar-refractivity contribution in [3.63, 3.8) is 0 Å². The highest BCUT2D eigenvalue weighted by Crippen LogP contribution is 2.25. The van der Waals surface area contributed by atoms with Gasteiger partial charge >= 0.3 is 0 Å².